The molecule has 0 bridgehead atoms. The van der Waals surface area contributed by atoms with Crippen LogP contribution in [0.25, 0.3) is 16.9 Å². The summed E-state index contributed by atoms with van der Waals surface area (Å²) in [5.74, 6) is 0.0703. The number of aryl methyl sites for hydroxylation is 1. The highest BCUT2D eigenvalue weighted by Crippen LogP contribution is 2.16. The third-order valence-electron chi connectivity index (χ3n) is 4.67. The molecule has 0 aliphatic rings. The van der Waals surface area contributed by atoms with Crippen LogP contribution in [0, 0.1) is 0 Å². The Labute approximate surface area is 168 Å². The summed E-state index contributed by atoms with van der Waals surface area (Å²) < 4.78 is 1.76. The second-order valence-electron chi connectivity index (χ2n) is 6.80. The van der Waals surface area contributed by atoms with E-state index in [1.807, 2.05) is 42.6 Å². The molecule has 0 saturated carbocycles. The zero-order chi connectivity index (χ0) is 19.9. The number of hydrogen-bond donors (Lipinski definition) is 1. The summed E-state index contributed by atoms with van der Waals surface area (Å²) in [5.41, 5.74) is 4.80. The van der Waals surface area contributed by atoms with Gasteiger partial charge < -0.3 is 5.32 Å². The summed E-state index contributed by atoms with van der Waals surface area (Å²) in [4.78, 5) is 24.7. The first-order chi connectivity index (χ1) is 14.3. The minimum atomic E-state index is 0.0703. The maximum Gasteiger partial charge on any atom is 0.220 e. The third kappa shape index (κ3) is 5.01. The van der Waals surface area contributed by atoms with Crippen molar-refractivity contribution in [3.05, 3.63) is 78.6 Å². The van der Waals surface area contributed by atoms with Gasteiger partial charge in [0.15, 0.2) is 5.65 Å². The summed E-state index contributed by atoms with van der Waals surface area (Å²) in [6.45, 7) is 0.565. The highest BCUT2D eigenvalue weighted by molar-refractivity contribution is 5.75. The number of fused-ring (bicyclic) bond motifs is 1. The van der Waals surface area contributed by atoms with Crippen LogP contribution in [0.15, 0.2) is 67.4 Å². The van der Waals surface area contributed by atoms with Crippen LogP contribution in [0.5, 0.6) is 0 Å². The van der Waals surface area contributed by atoms with Crippen LogP contribution >= 0.6 is 0 Å². The van der Waals surface area contributed by atoms with Gasteiger partial charge in [0.2, 0.25) is 5.91 Å². The van der Waals surface area contributed by atoms with Gasteiger partial charge in [-0.15, -0.1) is 0 Å². The maximum atomic E-state index is 12.0. The van der Waals surface area contributed by atoms with Gasteiger partial charge in [-0.3, -0.25) is 14.8 Å². The van der Waals surface area contributed by atoms with Crippen LogP contribution in [-0.2, 0) is 17.6 Å². The zero-order valence-corrected chi connectivity index (χ0v) is 16.0. The number of nitrogens with zero attached hydrogens (tertiary/aromatic N) is 5. The van der Waals surface area contributed by atoms with Crippen molar-refractivity contribution >= 4 is 11.6 Å². The first-order valence-corrected chi connectivity index (χ1v) is 9.69. The lowest BCUT2D eigenvalue weighted by atomic mass is 10.1. The molecule has 0 radical (unpaired) electrons. The molecule has 7 nitrogen and oxygen atoms in total. The number of pyridine rings is 2. The number of rotatable bonds is 8. The maximum absolute atomic E-state index is 12.0. The number of nitrogens with one attached hydrogen (secondary N) is 1. The Kier molecular flexibility index (Phi) is 5.85. The van der Waals surface area contributed by atoms with Gasteiger partial charge >= 0.3 is 0 Å². The Morgan fingerprint density at radius 3 is 2.52 bits per heavy atom. The fourth-order valence-electron chi connectivity index (χ4n) is 3.16. The van der Waals surface area contributed by atoms with Gasteiger partial charge in [-0.25, -0.2) is 9.50 Å². The number of carbonyl (C=O) groups excluding carboxylic acids is 1. The highest BCUT2D eigenvalue weighted by atomic mass is 16.1. The molecule has 7 heteroatoms. The smallest absolute Gasteiger partial charge is 0.220 e. The quantitative estimate of drug-likeness (QED) is 0.503. The summed E-state index contributed by atoms with van der Waals surface area (Å²) in [6, 6.07) is 11.7. The second-order valence-corrected chi connectivity index (χ2v) is 6.80. The van der Waals surface area contributed by atoms with Crippen molar-refractivity contribution in [3.8, 4) is 11.3 Å². The first-order valence-electron chi connectivity index (χ1n) is 9.69. The molecule has 4 heterocycles. The van der Waals surface area contributed by atoms with Gasteiger partial charge in [-0.05, 0) is 48.7 Å². The Morgan fingerprint density at radius 1 is 0.966 bits per heavy atom. The summed E-state index contributed by atoms with van der Waals surface area (Å²) >= 11 is 0. The fourth-order valence-corrected chi connectivity index (χ4v) is 3.16. The largest absolute Gasteiger partial charge is 0.356 e. The van der Waals surface area contributed by atoms with Gasteiger partial charge in [0.1, 0.15) is 0 Å². The monoisotopic (exact) mass is 386 g/mol. The second kappa shape index (κ2) is 9.05. The van der Waals surface area contributed by atoms with Crippen LogP contribution in [0.3, 0.4) is 0 Å². The van der Waals surface area contributed by atoms with E-state index in [9.17, 15) is 4.79 Å². The average Bonchev–Trinajstić information content (AvgIpc) is 3.17. The summed E-state index contributed by atoms with van der Waals surface area (Å²) in [7, 11) is 0. The lowest BCUT2D eigenvalue weighted by Gasteiger charge is -2.04. The Bertz CT molecular complexity index is 1080. The Hall–Kier alpha value is -3.61. The van der Waals surface area contributed by atoms with Gasteiger partial charge in [0.05, 0.1) is 11.4 Å². The molecule has 0 atom stereocenters. The van der Waals surface area contributed by atoms with Crippen molar-refractivity contribution in [2.24, 2.45) is 0 Å². The lowest BCUT2D eigenvalue weighted by molar-refractivity contribution is -0.121. The summed E-state index contributed by atoms with van der Waals surface area (Å²) in [6.07, 6.45) is 11.9. The van der Waals surface area contributed by atoms with Gasteiger partial charge in [-0.2, -0.15) is 5.10 Å². The molecule has 0 aliphatic heterocycles. The number of carbonyl (C=O) groups is 1. The van der Waals surface area contributed by atoms with E-state index in [0.29, 0.717) is 19.4 Å². The van der Waals surface area contributed by atoms with Crippen LogP contribution < -0.4 is 5.32 Å². The number of aromatic nitrogens is 5. The highest BCUT2D eigenvalue weighted by Gasteiger charge is 2.07. The van der Waals surface area contributed by atoms with Crippen LogP contribution in [0.2, 0.25) is 0 Å². The van der Waals surface area contributed by atoms with E-state index >= 15 is 0 Å². The molecular weight excluding hydrogens is 364 g/mol. The molecule has 1 N–H and O–H groups in total. The molecule has 0 fully saturated rings. The van der Waals surface area contributed by atoms with E-state index in [0.717, 1.165) is 35.4 Å². The number of hydrogen-bond acceptors (Lipinski definition) is 5. The first kappa shape index (κ1) is 18.7. The average molecular weight is 386 g/mol. The van der Waals surface area contributed by atoms with Crippen LogP contribution in [0.4, 0.5) is 0 Å². The minimum absolute atomic E-state index is 0.0703. The molecule has 4 aromatic heterocycles. The molecule has 0 unspecified atom stereocenters. The van der Waals surface area contributed by atoms with E-state index in [2.05, 4.69) is 25.4 Å². The molecule has 1 amide bonds. The van der Waals surface area contributed by atoms with Crippen molar-refractivity contribution < 1.29 is 4.79 Å². The Morgan fingerprint density at radius 2 is 1.72 bits per heavy atom. The van der Waals surface area contributed by atoms with E-state index in [-0.39, 0.29) is 5.91 Å². The predicted molar refractivity (Wildman–Crippen MR) is 110 cm³/mol. The van der Waals surface area contributed by atoms with Gasteiger partial charge in [-0.1, -0.05) is 0 Å². The van der Waals surface area contributed by atoms with Crippen molar-refractivity contribution in [1.29, 1.82) is 0 Å². The van der Waals surface area contributed by atoms with E-state index < -0.39 is 0 Å². The zero-order valence-electron chi connectivity index (χ0n) is 16.0. The molecular formula is C22H22N6O. The SMILES string of the molecule is O=C(CCCc1ccncc1)NCCc1cc2nc(-c3ccncc3)ccn2n1. The van der Waals surface area contributed by atoms with Crippen LogP contribution in [0.1, 0.15) is 24.1 Å². The van der Waals surface area contributed by atoms with Gasteiger partial charge in [0, 0.05) is 62.0 Å². The molecule has 29 heavy (non-hydrogen) atoms. The fraction of sp³-hybridized carbons (Fsp3) is 0.227. The molecule has 0 saturated heterocycles. The van der Waals surface area contributed by atoms with Crippen LogP contribution in [-0.4, -0.2) is 37.0 Å². The normalized spacial score (nSPS) is 10.9. The molecule has 0 aliphatic carbocycles. The molecule has 146 valence electrons. The number of amides is 1. The molecule has 4 rings (SSSR count). The van der Waals surface area contributed by atoms with Crippen molar-refractivity contribution in [2.75, 3.05) is 6.54 Å². The topological polar surface area (TPSA) is 85.1 Å². The minimum Gasteiger partial charge on any atom is -0.356 e. The third-order valence-corrected chi connectivity index (χ3v) is 4.67. The summed E-state index contributed by atoms with van der Waals surface area (Å²) in [5, 5.41) is 7.50. The molecule has 4 aromatic rings. The molecule has 0 spiro atoms. The molecule has 0 aromatic carbocycles. The van der Waals surface area contributed by atoms with Gasteiger partial charge in [0.25, 0.3) is 0 Å². The van der Waals surface area contributed by atoms with Crippen molar-refractivity contribution in [3.63, 3.8) is 0 Å². The van der Waals surface area contributed by atoms with E-state index in [4.69, 9.17) is 0 Å². The standard InChI is InChI=1S/C22H22N6O/c29-22(3-1-2-17-4-10-23-11-5-17)25-14-8-19-16-21-26-20(9-15-28(21)27-19)18-6-12-24-13-7-18/h4-7,9-13,15-16H,1-3,8,14H2,(H,25,29). The Balaban J connectivity index is 1.27. The van der Waals surface area contributed by atoms with Crippen molar-refractivity contribution in [1.82, 2.24) is 29.9 Å². The van der Waals surface area contributed by atoms with E-state index in [1.54, 1.807) is 29.3 Å². The lowest BCUT2D eigenvalue weighted by Crippen LogP contribution is -2.25. The van der Waals surface area contributed by atoms with E-state index in [1.165, 1.54) is 5.56 Å². The predicted octanol–water partition coefficient (Wildman–Crippen LogP) is 2.87. The van der Waals surface area contributed by atoms with Crippen molar-refractivity contribution in [2.45, 2.75) is 25.7 Å².